The third-order valence-electron chi connectivity index (χ3n) is 3.67. The first-order chi connectivity index (χ1) is 10.1. The standard InChI is InChI=1S/C17H16FN3/c1-11-9-13(18)6-5-12(11)10-15(19)14-3-2-4-16-17(14)21-8-7-20-16/h2-9,15H,10,19H2,1H3. The summed E-state index contributed by atoms with van der Waals surface area (Å²) in [5.74, 6) is -0.221. The van der Waals surface area contributed by atoms with Gasteiger partial charge in [0.25, 0.3) is 0 Å². The van der Waals surface area contributed by atoms with E-state index in [4.69, 9.17) is 5.73 Å². The smallest absolute Gasteiger partial charge is 0.123 e. The fraction of sp³-hybridized carbons (Fsp3) is 0.176. The molecule has 1 atom stereocenters. The van der Waals surface area contributed by atoms with Crippen molar-refractivity contribution < 1.29 is 4.39 Å². The lowest BCUT2D eigenvalue weighted by Gasteiger charge is -2.15. The molecule has 1 unspecified atom stereocenters. The summed E-state index contributed by atoms with van der Waals surface area (Å²) in [4.78, 5) is 8.67. The van der Waals surface area contributed by atoms with Crippen LogP contribution >= 0.6 is 0 Å². The monoisotopic (exact) mass is 281 g/mol. The Morgan fingerprint density at radius 3 is 2.76 bits per heavy atom. The lowest BCUT2D eigenvalue weighted by atomic mass is 9.96. The Bertz CT molecular complexity index is 781. The first-order valence-electron chi connectivity index (χ1n) is 6.85. The second-order valence-electron chi connectivity index (χ2n) is 5.15. The molecule has 0 saturated carbocycles. The van der Waals surface area contributed by atoms with Gasteiger partial charge in [-0.15, -0.1) is 0 Å². The second kappa shape index (κ2) is 5.58. The van der Waals surface area contributed by atoms with Crippen LogP contribution in [0.2, 0.25) is 0 Å². The van der Waals surface area contributed by atoms with E-state index in [1.807, 2.05) is 25.1 Å². The van der Waals surface area contributed by atoms with Crippen LogP contribution in [0, 0.1) is 12.7 Å². The molecule has 3 aromatic rings. The maximum Gasteiger partial charge on any atom is 0.123 e. The van der Waals surface area contributed by atoms with E-state index in [1.165, 1.54) is 12.1 Å². The SMILES string of the molecule is Cc1cc(F)ccc1CC(N)c1cccc2nccnc12. The van der Waals surface area contributed by atoms with Crippen LogP contribution in [0.5, 0.6) is 0 Å². The van der Waals surface area contributed by atoms with Crippen LogP contribution in [0.1, 0.15) is 22.7 Å². The van der Waals surface area contributed by atoms with E-state index in [0.717, 1.165) is 27.7 Å². The summed E-state index contributed by atoms with van der Waals surface area (Å²) in [6, 6.07) is 10.4. The van der Waals surface area contributed by atoms with Gasteiger partial charge in [0, 0.05) is 18.4 Å². The van der Waals surface area contributed by atoms with Crippen LogP contribution in [-0.4, -0.2) is 9.97 Å². The van der Waals surface area contributed by atoms with Gasteiger partial charge in [0.15, 0.2) is 0 Å². The summed E-state index contributed by atoms with van der Waals surface area (Å²) in [7, 11) is 0. The third kappa shape index (κ3) is 2.76. The largest absolute Gasteiger partial charge is 0.324 e. The maximum atomic E-state index is 13.2. The molecule has 3 rings (SSSR count). The molecule has 2 N–H and O–H groups in total. The molecule has 0 fully saturated rings. The zero-order valence-electron chi connectivity index (χ0n) is 11.8. The number of rotatable bonds is 3. The number of hydrogen-bond donors (Lipinski definition) is 1. The summed E-state index contributed by atoms with van der Waals surface area (Å²) in [6.45, 7) is 1.90. The molecule has 0 bridgehead atoms. The number of nitrogens with zero attached hydrogens (tertiary/aromatic N) is 2. The molecule has 4 heteroatoms. The van der Waals surface area contributed by atoms with Crippen LogP contribution in [0.25, 0.3) is 11.0 Å². The Balaban J connectivity index is 1.95. The Labute approximate surface area is 122 Å². The topological polar surface area (TPSA) is 51.8 Å². The van der Waals surface area contributed by atoms with Crippen molar-refractivity contribution in [2.24, 2.45) is 5.73 Å². The van der Waals surface area contributed by atoms with E-state index >= 15 is 0 Å². The highest BCUT2D eigenvalue weighted by atomic mass is 19.1. The Morgan fingerprint density at radius 2 is 1.95 bits per heavy atom. The lowest BCUT2D eigenvalue weighted by Crippen LogP contribution is -2.15. The number of aromatic nitrogens is 2. The molecule has 0 amide bonds. The minimum absolute atomic E-state index is 0.199. The molecular weight excluding hydrogens is 265 g/mol. The molecule has 21 heavy (non-hydrogen) atoms. The Kier molecular flexibility index (Phi) is 3.62. The van der Waals surface area contributed by atoms with Crippen molar-refractivity contribution in [3.63, 3.8) is 0 Å². The molecule has 0 aliphatic rings. The van der Waals surface area contributed by atoms with Crippen LogP contribution in [0.3, 0.4) is 0 Å². The molecule has 1 heterocycles. The lowest BCUT2D eigenvalue weighted by molar-refractivity contribution is 0.624. The predicted molar refractivity (Wildman–Crippen MR) is 81.3 cm³/mol. The van der Waals surface area contributed by atoms with E-state index in [1.54, 1.807) is 18.5 Å². The summed E-state index contributed by atoms with van der Waals surface area (Å²) in [5, 5.41) is 0. The number of benzene rings is 2. The van der Waals surface area contributed by atoms with Crippen molar-refractivity contribution in [3.05, 3.63) is 71.3 Å². The summed E-state index contributed by atoms with van der Waals surface area (Å²) < 4.78 is 13.2. The molecule has 0 aliphatic heterocycles. The van der Waals surface area contributed by atoms with Gasteiger partial charge in [0.1, 0.15) is 5.82 Å². The number of nitrogens with two attached hydrogens (primary N) is 1. The third-order valence-corrected chi connectivity index (χ3v) is 3.67. The number of para-hydroxylation sites is 1. The van der Waals surface area contributed by atoms with Gasteiger partial charge in [-0.05, 0) is 48.2 Å². The van der Waals surface area contributed by atoms with Crippen LogP contribution in [-0.2, 0) is 6.42 Å². The molecule has 2 aromatic carbocycles. The number of aryl methyl sites for hydroxylation is 1. The molecule has 0 aliphatic carbocycles. The quantitative estimate of drug-likeness (QED) is 0.801. The molecule has 1 aromatic heterocycles. The molecule has 0 spiro atoms. The molecule has 0 radical (unpaired) electrons. The normalized spacial score (nSPS) is 12.5. The summed E-state index contributed by atoms with van der Waals surface area (Å²) in [5.41, 5.74) is 10.9. The van der Waals surface area contributed by atoms with E-state index < -0.39 is 0 Å². The fourth-order valence-electron chi connectivity index (χ4n) is 2.55. The van der Waals surface area contributed by atoms with E-state index in [9.17, 15) is 4.39 Å². The van der Waals surface area contributed by atoms with E-state index in [0.29, 0.717) is 6.42 Å². The number of hydrogen-bond acceptors (Lipinski definition) is 3. The van der Waals surface area contributed by atoms with Crippen molar-refractivity contribution in [1.29, 1.82) is 0 Å². The molecule has 3 nitrogen and oxygen atoms in total. The highest BCUT2D eigenvalue weighted by Crippen LogP contribution is 2.24. The Hall–Kier alpha value is -2.33. The van der Waals surface area contributed by atoms with E-state index in [-0.39, 0.29) is 11.9 Å². The number of halogens is 1. The molecular formula is C17H16FN3. The van der Waals surface area contributed by atoms with Gasteiger partial charge in [-0.3, -0.25) is 9.97 Å². The zero-order chi connectivity index (χ0) is 14.8. The van der Waals surface area contributed by atoms with Gasteiger partial charge >= 0.3 is 0 Å². The van der Waals surface area contributed by atoms with Gasteiger partial charge < -0.3 is 5.73 Å². The predicted octanol–water partition coefficient (Wildman–Crippen LogP) is 3.32. The van der Waals surface area contributed by atoms with Crippen molar-refractivity contribution in [1.82, 2.24) is 9.97 Å². The van der Waals surface area contributed by atoms with Crippen LogP contribution in [0.15, 0.2) is 48.8 Å². The van der Waals surface area contributed by atoms with Gasteiger partial charge in [-0.1, -0.05) is 18.2 Å². The minimum Gasteiger partial charge on any atom is -0.324 e. The molecule has 0 saturated heterocycles. The van der Waals surface area contributed by atoms with Gasteiger partial charge in [0.05, 0.1) is 11.0 Å². The summed E-state index contributed by atoms with van der Waals surface area (Å²) in [6.07, 6.45) is 3.98. The maximum absolute atomic E-state index is 13.2. The first kappa shape index (κ1) is 13.6. The zero-order valence-corrected chi connectivity index (χ0v) is 11.8. The van der Waals surface area contributed by atoms with Gasteiger partial charge in [-0.2, -0.15) is 0 Å². The van der Waals surface area contributed by atoms with Gasteiger partial charge in [0.2, 0.25) is 0 Å². The van der Waals surface area contributed by atoms with E-state index in [2.05, 4.69) is 9.97 Å². The van der Waals surface area contributed by atoms with Crippen LogP contribution < -0.4 is 5.73 Å². The highest BCUT2D eigenvalue weighted by Gasteiger charge is 2.13. The minimum atomic E-state index is -0.221. The second-order valence-corrected chi connectivity index (χ2v) is 5.15. The average Bonchev–Trinajstić information content (AvgIpc) is 2.49. The van der Waals surface area contributed by atoms with Crippen molar-refractivity contribution >= 4 is 11.0 Å². The Morgan fingerprint density at radius 1 is 1.14 bits per heavy atom. The summed E-state index contributed by atoms with van der Waals surface area (Å²) >= 11 is 0. The number of fused-ring (bicyclic) bond motifs is 1. The molecule has 106 valence electrons. The highest BCUT2D eigenvalue weighted by molar-refractivity contribution is 5.78. The average molecular weight is 281 g/mol. The van der Waals surface area contributed by atoms with Crippen LogP contribution in [0.4, 0.5) is 4.39 Å². The first-order valence-corrected chi connectivity index (χ1v) is 6.85. The van der Waals surface area contributed by atoms with Gasteiger partial charge in [-0.25, -0.2) is 4.39 Å². The van der Waals surface area contributed by atoms with Crippen molar-refractivity contribution in [3.8, 4) is 0 Å². The fourth-order valence-corrected chi connectivity index (χ4v) is 2.55. The van der Waals surface area contributed by atoms with Crippen molar-refractivity contribution in [2.75, 3.05) is 0 Å². The van der Waals surface area contributed by atoms with Crippen molar-refractivity contribution in [2.45, 2.75) is 19.4 Å².